The Hall–Kier alpha value is -3.94. The lowest BCUT2D eigenvalue weighted by molar-refractivity contribution is -0.132. The quantitative estimate of drug-likeness (QED) is 0.265. The molecule has 0 unspecified atom stereocenters. The average Bonchev–Trinajstić information content (AvgIpc) is 2.94. The van der Waals surface area contributed by atoms with Gasteiger partial charge in [-0.1, -0.05) is 12.6 Å². The summed E-state index contributed by atoms with van der Waals surface area (Å²) in [5, 5.41) is 5.86. The summed E-state index contributed by atoms with van der Waals surface area (Å²) < 4.78 is 24.9. The maximum Gasteiger partial charge on any atom is 0.254 e. The van der Waals surface area contributed by atoms with E-state index in [1.54, 1.807) is 37.6 Å². The average molecular weight is 632 g/mol. The van der Waals surface area contributed by atoms with Gasteiger partial charge in [-0.2, -0.15) is 4.98 Å². The van der Waals surface area contributed by atoms with Crippen molar-refractivity contribution in [3.05, 3.63) is 64.9 Å². The summed E-state index contributed by atoms with van der Waals surface area (Å²) in [6.45, 7) is 4.61. The first-order chi connectivity index (χ1) is 18.4. The highest BCUT2D eigenvalue weighted by Crippen LogP contribution is 2.33. The molecule has 0 atom stereocenters. The molecule has 2 heterocycles. The van der Waals surface area contributed by atoms with E-state index in [9.17, 15) is 14.0 Å². The number of nitrogens with one attached hydrogen (secondary N) is 2. The molecule has 1 aliphatic rings. The van der Waals surface area contributed by atoms with Crippen molar-refractivity contribution >= 4 is 57.4 Å². The first kappa shape index (κ1) is 27.1. The van der Waals surface area contributed by atoms with Crippen LogP contribution in [0.2, 0.25) is 0 Å². The van der Waals surface area contributed by atoms with Crippen molar-refractivity contribution in [3.8, 4) is 17.4 Å². The van der Waals surface area contributed by atoms with E-state index >= 15 is 0 Å². The Balaban J connectivity index is 1.47. The van der Waals surface area contributed by atoms with Crippen molar-refractivity contribution in [3.63, 3.8) is 0 Å². The standard InChI is InChI=1S/C26H26FIN6O4/c1-3-23(35)30-17-5-4-6-19(13-17)38-25-20(28)16-29-26(32-25)31-21-8-7-18(14-22(21)37-2)33-9-11-34(12-10-33)24(36)15-27/h3-8,13-14,16H,1,9-12,15H2,2H3,(H,30,35)(H,29,31,32). The van der Waals surface area contributed by atoms with Crippen LogP contribution in [-0.4, -0.2) is 66.6 Å². The number of hydrogen-bond donors (Lipinski definition) is 2. The zero-order chi connectivity index (χ0) is 27.1. The van der Waals surface area contributed by atoms with Gasteiger partial charge in [-0.05, 0) is 52.9 Å². The molecule has 0 radical (unpaired) electrons. The van der Waals surface area contributed by atoms with Crippen LogP contribution in [-0.2, 0) is 9.59 Å². The van der Waals surface area contributed by atoms with Gasteiger partial charge in [0.1, 0.15) is 11.5 Å². The Bertz CT molecular complexity index is 1330. The number of aromatic nitrogens is 2. The van der Waals surface area contributed by atoms with E-state index in [1.165, 1.54) is 11.0 Å². The van der Waals surface area contributed by atoms with Crippen LogP contribution in [0, 0.1) is 3.57 Å². The molecule has 2 amide bonds. The van der Waals surface area contributed by atoms with Gasteiger partial charge in [-0.3, -0.25) is 9.59 Å². The van der Waals surface area contributed by atoms with Gasteiger partial charge < -0.3 is 29.9 Å². The number of rotatable bonds is 9. The molecule has 1 saturated heterocycles. The number of carbonyl (C=O) groups excluding carboxylic acids is 2. The van der Waals surface area contributed by atoms with Crippen molar-refractivity contribution in [2.75, 3.05) is 55.5 Å². The van der Waals surface area contributed by atoms with Crippen molar-refractivity contribution in [2.45, 2.75) is 0 Å². The summed E-state index contributed by atoms with van der Waals surface area (Å²) in [6.07, 6.45) is 2.82. The zero-order valence-electron chi connectivity index (χ0n) is 20.6. The number of halogens is 2. The van der Waals surface area contributed by atoms with Crippen LogP contribution in [0.1, 0.15) is 0 Å². The van der Waals surface area contributed by atoms with Gasteiger partial charge in [-0.25, -0.2) is 9.37 Å². The van der Waals surface area contributed by atoms with Crippen LogP contribution in [0.25, 0.3) is 0 Å². The van der Waals surface area contributed by atoms with Crippen LogP contribution in [0.3, 0.4) is 0 Å². The predicted octanol–water partition coefficient (Wildman–Crippen LogP) is 4.37. The molecule has 2 aromatic carbocycles. The maximum absolute atomic E-state index is 12.7. The lowest BCUT2D eigenvalue weighted by Crippen LogP contribution is -2.49. The molecule has 10 nitrogen and oxygen atoms in total. The summed E-state index contributed by atoms with van der Waals surface area (Å²) in [5.74, 6) is 0.923. The smallest absolute Gasteiger partial charge is 0.254 e. The number of alkyl halides is 1. The Morgan fingerprint density at radius 1 is 1.18 bits per heavy atom. The number of nitrogens with zero attached hydrogens (tertiary/aromatic N) is 4. The number of carbonyl (C=O) groups is 2. The summed E-state index contributed by atoms with van der Waals surface area (Å²) in [7, 11) is 1.57. The first-order valence-corrected chi connectivity index (χ1v) is 12.8. The second-order valence-corrected chi connectivity index (χ2v) is 9.34. The van der Waals surface area contributed by atoms with Crippen LogP contribution in [0.15, 0.2) is 61.3 Å². The largest absolute Gasteiger partial charge is 0.494 e. The minimum absolute atomic E-state index is 0.306. The molecule has 0 aliphatic carbocycles. The molecule has 0 saturated carbocycles. The number of amides is 2. The van der Waals surface area contributed by atoms with E-state index in [4.69, 9.17) is 9.47 Å². The fourth-order valence-electron chi connectivity index (χ4n) is 3.82. The molecular weight excluding hydrogens is 606 g/mol. The lowest BCUT2D eigenvalue weighted by atomic mass is 10.2. The van der Waals surface area contributed by atoms with Crippen molar-refractivity contribution < 1.29 is 23.5 Å². The third-order valence-corrected chi connectivity index (χ3v) is 6.50. The normalized spacial score (nSPS) is 13.0. The maximum atomic E-state index is 12.7. The Morgan fingerprint density at radius 3 is 2.68 bits per heavy atom. The minimum atomic E-state index is -0.970. The minimum Gasteiger partial charge on any atom is -0.494 e. The lowest BCUT2D eigenvalue weighted by Gasteiger charge is -2.36. The predicted molar refractivity (Wildman–Crippen MR) is 151 cm³/mol. The van der Waals surface area contributed by atoms with Crippen LogP contribution in [0.4, 0.5) is 27.4 Å². The third kappa shape index (κ3) is 6.68. The fourth-order valence-corrected chi connectivity index (χ4v) is 4.19. The van der Waals surface area contributed by atoms with E-state index in [1.807, 2.05) is 18.2 Å². The van der Waals surface area contributed by atoms with Crippen molar-refractivity contribution in [1.82, 2.24) is 14.9 Å². The van der Waals surface area contributed by atoms with Crippen LogP contribution >= 0.6 is 22.6 Å². The highest BCUT2D eigenvalue weighted by atomic mass is 127. The third-order valence-electron chi connectivity index (χ3n) is 5.76. The Labute approximate surface area is 233 Å². The molecule has 0 bridgehead atoms. The fraction of sp³-hybridized carbons (Fsp3) is 0.231. The number of benzene rings is 2. The van der Waals surface area contributed by atoms with Gasteiger partial charge in [0.05, 0.1) is 16.4 Å². The Morgan fingerprint density at radius 2 is 1.97 bits per heavy atom. The van der Waals surface area contributed by atoms with Crippen LogP contribution in [0.5, 0.6) is 17.4 Å². The monoisotopic (exact) mass is 632 g/mol. The zero-order valence-corrected chi connectivity index (χ0v) is 22.8. The topological polar surface area (TPSA) is 109 Å². The second-order valence-electron chi connectivity index (χ2n) is 8.18. The molecule has 198 valence electrons. The first-order valence-electron chi connectivity index (χ1n) is 11.7. The molecule has 0 spiro atoms. The molecular formula is C26H26FIN6O4. The summed E-state index contributed by atoms with van der Waals surface area (Å²) >= 11 is 2.08. The van der Waals surface area contributed by atoms with E-state index in [0.29, 0.717) is 64.5 Å². The molecule has 3 aromatic rings. The molecule has 1 fully saturated rings. The SMILES string of the molecule is C=CC(=O)Nc1cccc(Oc2nc(Nc3ccc(N4CCN(C(=O)CF)CC4)cc3OC)ncc2I)c1. The van der Waals surface area contributed by atoms with Gasteiger partial charge in [-0.15, -0.1) is 0 Å². The highest BCUT2D eigenvalue weighted by Gasteiger charge is 2.22. The number of anilines is 4. The van der Waals surface area contributed by atoms with Crippen LogP contribution < -0.4 is 25.0 Å². The molecule has 38 heavy (non-hydrogen) atoms. The van der Waals surface area contributed by atoms with E-state index in [2.05, 4.69) is 54.7 Å². The van der Waals surface area contributed by atoms with Gasteiger partial charge in [0.15, 0.2) is 6.67 Å². The van der Waals surface area contributed by atoms with Gasteiger partial charge >= 0.3 is 0 Å². The number of hydrogen-bond acceptors (Lipinski definition) is 8. The van der Waals surface area contributed by atoms with Crippen molar-refractivity contribution in [2.24, 2.45) is 0 Å². The summed E-state index contributed by atoms with van der Waals surface area (Å²) in [5.41, 5.74) is 2.15. The second kappa shape index (κ2) is 12.5. The van der Waals surface area contributed by atoms with E-state index in [0.717, 1.165) is 5.69 Å². The summed E-state index contributed by atoms with van der Waals surface area (Å²) in [4.78, 5) is 35.7. The number of ether oxygens (including phenoxy) is 2. The molecule has 1 aromatic heterocycles. The van der Waals surface area contributed by atoms with E-state index in [-0.39, 0.29) is 5.91 Å². The Kier molecular flexibility index (Phi) is 8.94. The summed E-state index contributed by atoms with van der Waals surface area (Å²) in [6, 6.07) is 12.6. The molecule has 2 N–H and O–H groups in total. The van der Waals surface area contributed by atoms with Gasteiger partial charge in [0, 0.05) is 55.9 Å². The van der Waals surface area contributed by atoms with E-state index < -0.39 is 12.6 Å². The number of piperazine rings is 1. The molecule has 12 heteroatoms. The van der Waals surface area contributed by atoms with Crippen molar-refractivity contribution in [1.29, 1.82) is 0 Å². The van der Waals surface area contributed by atoms with Gasteiger partial charge in [0.2, 0.25) is 17.7 Å². The van der Waals surface area contributed by atoms with Gasteiger partial charge in [0.25, 0.3) is 5.91 Å². The highest BCUT2D eigenvalue weighted by molar-refractivity contribution is 14.1. The molecule has 1 aliphatic heterocycles. The number of methoxy groups -OCH3 is 1. The molecule has 4 rings (SSSR count).